The van der Waals surface area contributed by atoms with Crippen LogP contribution in [0.1, 0.15) is 20.8 Å². The highest BCUT2D eigenvalue weighted by atomic mass is 16.5. The average Bonchev–Trinajstić information content (AvgIpc) is 2.33. The van der Waals surface area contributed by atoms with Crippen molar-refractivity contribution in [3.63, 3.8) is 0 Å². The first-order valence-electron chi connectivity index (χ1n) is 6.08. The van der Waals surface area contributed by atoms with Gasteiger partial charge < -0.3 is 20.7 Å². The van der Waals surface area contributed by atoms with Crippen molar-refractivity contribution < 1.29 is 9.53 Å². The number of aromatic nitrogens is 3. The number of hydrogen-bond donors (Lipinski definition) is 2. The lowest BCUT2D eigenvalue weighted by atomic mass is 10.5. The summed E-state index contributed by atoms with van der Waals surface area (Å²) in [7, 11) is 1.72. The van der Waals surface area contributed by atoms with E-state index in [-0.39, 0.29) is 36.5 Å². The summed E-state index contributed by atoms with van der Waals surface area (Å²) in [4.78, 5) is 25.0. The third kappa shape index (κ3) is 4.94. The fourth-order valence-electron chi connectivity index (χ4n) is 1.18. The van der Waals surface area contributed by atoms with Crippen molar-refractivity contribution in [3.8, 4) is 6.01 Å². The molecule has 106 valence electrons. The second kappa shape index (κ2) is 6.72. The van der Waals surface area contributed by atoms with Gasteiger partial charge in [0.05, 0.1) is 12.6 Å². The monoisotopic (exact) mass is 268 g/mol. The number of likely N-dealkylation sites (N-methyl/N-ethyl adjacent to an activating group) is 1. The Bertz CT molecular complexity index is 437. The Kier molecular flexibility index (Phi) is 5.28. The lowest BCUT2D eigenvalue weighted by Gasteiger charge is -2.15. The van der Waals surface area contributed by atoms with Crippen LogP contribution >= 0.6 is 0 Å². The minimum Gasteiger partial charge on any atom is -0.461 e. The van der Waals surface area contributed by atoms with Crippen molar-refractivity contribution >= 4 is 17.8 Å². The topological polar surface area (TPSA) is 106 Å². The number of amides is 1. The van der Waals surface area contributed by atoms with Crippen molar-refractivity contribution in [1.82, 2.24) is 19.9 Å². The summed E-state index contributed by atoms with van der Waals surface area (Å²) >= 11 is 0. The Labute approximate surface area is 112 Å². The minimum absolute atomic E-state index is 0.0458. The molecule has 0 saturated carbocycles. The fourth-order valence-corrected chi connectivity index (χ4v) is 1.18. The van der Waals surface area contributed by atoms with E-state index >= 15 is 0 Å². The molecule has 0 aliphatic rings. The second-order valence-corrected chi connectivity index (χ2v) is 4.23. The van der Waals surface area contributed by atoms with Gasteiger partial charge in [0, 0.05) is 13.6 Å². The highest BCUT2D eigenvalue weighted by molar-refractivity contribution is 5.80. The number of ether oxygens (including phenoxy) is 1. The fraction of sp³-hybridized carbons (Fsp3) is 0.636. The Morgan fingerprint density at radius 2 is 2.11 bits per heavy atom. The Hall–Kier alpha value is -2.12. The maximum absolute atomic E-state index is 11.6. The standard InChI is InChI=1S/C11H20N6O2/c1-5-17(4)8(18)6-13-10-14-9(12)15-11(16-10)19-7(2)3/h7H,5-6H2,1-4H3,(H3,12,13,14,15,16). The van der Waals surface area contributed by atoms with Gasteiger partial charge >= 0.3 is 6.01 Å². The van der Waals surface area contributed by atoms with E-state index in [0.29, 0.717) is 6.54 Å². The first-order chi connectivity index (χ1) is 8.92. The maximum Gasteiger partial charge on any atom is 0.323 e. The predicted octanol–water partition coefficient (Wildman–Crippen LogP) is 0.131. The zero-order valence-corrected chi connectivity index (χ0v) is 11.7. The molecule has 1 amide bonds. The molecule has 19 heavy (non-hydrogen) atoms. The van der Waals surface area contributed by atoms with E-state index in [9.17, 15) is 4.79 Å². The number of rotatable bonds is 6. The summed E-state index contributed by atoms with van der Waals surface area (Å²) in [6, 6.07) is 0.140. The van der Waals surface area contributed by atoms with E-state index in [0.717, 1.165) is 0 Å². The number of anilines is 2. The summed E-state index contributed by atoms with van der Waals surface area (Å²) < 4.78 is 5.33. The summed E-state index contributed by atoms with van der Waals surface area (Å²) in [5.41, 5.74) is 5.55. The lowest BCUT2D eigenvalue weighted by molar-refractivity contribution is -0.127. The lowest BCUT2D eigenvalue weighted by Crippen LogP contribution is -2.32. The van der Waals surface area contributed by atoms with E-state index in [1.165, 1.54) is 0 Å². The third-order valence-electron chi connectivity index (χ3n) is 2.27. The zero-order valence-electron chi connectivity index (χ0n) is 11.7. The first kappa shape index (κ1) is 14.9. The van der Waals surface area contributed by atoms with Gasteiger partial charge in [-0.1, -0.05) is 0 Å². The van der Waals surface area contributed by atoms with Gasteiger partial charge in [0.25, 0.3) is 0 Å². The van der Waals surface area contributed by atoms with Crippen molar-refractivity contribution in [2.75, 3.05) is 31.2 Å². The van der Waals surface area contributed by atoms with Crippen LogP contribution in [0.3, 0.4) is 0 Å². The molecular weight excluding hydrogens is 248 g/mol. The zero-order chi connectivity index (χ0) is 14.4. The van der Waals surface area contributed by atoms with Gasteiger partial charge in [-0.2, -0.15) is 15.0 Å². The van der Waals surface area contributed by atoms with E-state index in [4.69, 9.17) is 10.5 Å². The van der Waals surface area contributed by atoms with Crippen LogP contribution < -0.4 is 15.8 Å². The van der Waals surface area contributed by atoms with Gasteiger partial charge in [0.2, 0.25) is 17.8 Å². The minimum atomic E-state index is -0.0671. The van der Waals surface area contributed by atoms with Gasteiger partial charge in [-0.25, -0.2) is 0 Å². The first-order valence-corrected chi connectivity index (χ1v) is 6.08. The third-order valence-corrected chi connectivity index (χ3v) is 2.27. The molecule has 0 fully saturated rings. The molecule has 0 bridgehead atoms. The maximum atomic E-state index is 11.6. The molecule has 1 aromatic heterocycles. The molecule has 1 aromatic rings. The van der Waals surface area contributed by atoms with E-state index in [2.05, 4.69) is 20.3 Å². The average molecular weight is 268 g/mol. The summed E-state index contributed by atoms with van der Waals surface area (Å²) in [5, 5.41) is 2.80. The summed E-state index contributed by atoms with van der Waals surface area (Å²) in [5.74, 6) is 0.207. The number of nitrogen functional groups attached to an aromatic ring is 1. The highest BCUT2D eigenvalue weighted by Crippen LogP contribution is 2.10. The number of carbonyl (C=O) groups is 1. The van der Waals surface area contributed by atoms with Gasteiger partial charge in [0.15, 0.2) is 0 Å². The molecule has 1 heterocycles. The summed E-state index contributed by atoms with van der Waals surface area (Å²) in [6.45, 7) is 6.34. The number of nitrogens with zero attached hydrogens (tertiary/aromatic N) is 4. The molecule has 0 radical (unpaired) electrons. The van der Waals surface area contributed by atoms with Crippen LogP contribution in [0, 0.1) is 0 Å². The molecule has 0 unspecified atom stereocenters. The molecule has 0 aromatic carbocycles. The molecule has 0 spiro atoms. The van der Waals surface area contributed by atoms with E-state index < -0.39 is 0 Å². The Balaban J connectivity index is 2.68. The van der Waals surface area contributed by atoms with Crippen LogP contribution in [-0.2, 0) is 4.79 Å². The second-order valence-electron chi connectivity index (χ2n) is 4.23. The number of hydrogen-bond acceptors (Lipinski definition) is 7. The molecule has 8 heteroatoms. The van der Waals surface area contributed by atoms with Crippen LogP contribution in [-0.4, -0.2) is 52.0 Å². The smallest absolute Gasteiger partial charge is 0.323 e. The van der Waals surface area contributed by atoms with Gasteiger partial charge in [-0.3, -0.25) is 4.79 Å². The van der Waals surface area contributed by atoms with Crippen LogP contribution in [0.5, 0.6) is 6.01 Å². The SMILES string of the molecule is CCN(C)C(=O)CNc1nc(N)nc(OC(C)C)n1. The van der Waals surface area contributed by atoms with Crippen molar-refractivity contribution in [1.29, 1.82) is 0 Å². The van der Waals surface area contributed by atoms with Crippen LogP contribution in [0.15, 0.2) is 0 Å². The van der Waals surface area contributed by atoms with E-state index in [1.807, 2.05) is 20.8 Å². The highest BCUT2D eigenvalue weighted by Gasteiger charge is 2.10. The van der Waals surface area contributed by atoms with E-state index in [1.54, 1.807) is 11.9 Å². The molecule has 0 saturated heterocycles. The summed E-state index contributed by atoms with van der Waals surface area (Å²) in [6.07, 6.45) is -0.0671. The number of nitrogens with two attached hydrogens (primary N) is 1. The van der Waals surface area contributed by atoms with Crippen LogP contribution in [0.25, 0.3) is 0 Å². The predicted molar refractivity (Wildman–Crippen MR) is 71.8 cm³/mol. The molecule has 0 aliphatic carbocycles. The number of nitrogens with one attached hydrogen (secondary N) is 1. The van der Waals surface area contributed by atoms with Crippen LogP contribution in [0.4, 0.5) is 11.9 Å². The molecule has 8 nitrogen and oxygen atoms in total. The van der Waals surface area contributed by atoms with Crippen LogP contribution in [0.2, 0.25) is 0 Å². The molecule has 0 atom stereocenters. The molecule has 1 rings (SSSR count). The van der Waals surface area contributed by atoms with Gasteiger partial charge in [-0.15, -0.1) is 0 Å². The normalized spacial score (nSPS) is 10.4. The quantitative estimate of drug-likeness (QED) is 0.755. The van der Waals surface area contributed by atoms with Crippen molar-refractivity contribution in [2.45, 2.75) is 26.9 Å². The van der Waals surface area contributed by atoms with Gasteiger partial charge in [0.1, 0.15) is 0 Å². The van der Waals surface area contributed by atoms with Gasteiger partial charge in [-0.05, 0) is 20.8 Å². The van der Waals surface area contributed by atoms with Crippen molar-refractivity contribution in [3.05, 3.63) is 0 Å². The number of carbonyl (C=O) groups excluding carboxylic acids is 1. The Morgan fingerprint density at radius 1 is 1.42 bits per heavy atom. The Morgan fingerprint density at radius 3 is 2.68 bits per heavy atom. The molecule has 3 N–H and O–H groups in total. The molecule has 0 aliphatic heterocycles. The molecular formula is C11H20N6O2. The van der Waals surface area contributed by atoms with Crippen molar-refractivity contribution in [2.24, 2.45) is 0 Å². The largest absolute Gasteiger partial charge is 0.461 e.